The van der Waals surface area contributed by atoms with E-state index in [1.807, 2.05) is 13.1 Å². The molecule has 2 rings (SSSR count). The normalized spacial score (nSPS) is 22.6. The van der Waals surface area contributed by atoms with Gasteiger partial charge in [0.1, 0.15) is 0 Å². The summed E-state index contributed by atoms with van der Waals surface area (Å²) in [5, 5.41) is 0. The average molecular weight is 220 g/mol. The van der Waals surface area contributed by atoms with Gasteiger partial charge < -0.3 is 4.74 Å². The minimum Gasteiger partial charge on any atom is -0.371 e. The second kappa shape index (κ2) is 4.93. The maximum absolute atomic E-state index is 5.83. The van der Waals surface area contributed by atoms with Crippen LogP contribution in [0.2, 0.25) is 0 Å². The minimum absolute atomic E-state index is 0.206. The molecule has 0 unspecified atom stereocenters. The van der Waals surface area contributed by atoms with Crippen LogP contribution in [0.15, 0.2) is 18.3 Å². The third-order valence-corrected chi connectivity index (χ3v) is 3.12. The number of aromatic nitrogens is 1. The molecule has 2 heterocycles. The number of pyridine rings is 1. The summed E-state index contributed by atoms with van der Waals surface area (Å²) in [7, 11) is 0. The van der Waals surface area contributed by atoms with Crippen LogP contribution in [0.1, 0.15) is 31.2 Å². The van der Waals surface area contributed by atoms with E-state index >= 15 is 0 Å². The van der Waals surface area contributed by atoms with Crippen LogP contribution in [-0.2, 0) is 4.74 Å². The molecule has 88 valence electrons. The Balaban J connectivity index is 2.09. The molecular formula is C13H20N2O. The van der Waals surface area contributed by atoms with Gasteiger partial charge in [-0.2, -0.15) is 0 Å². The number of morpholine rings is 1. The molecular weight excluding hydrogens is 200 g/mol. The summed E-state index contributed by atoms with van der Waals surface area (Å²) < 4.78 is 5.83. The highest BCUT2D eigenvalue weighted by molar-refractivity contribution is 5.19. The summed E-state index contributed by atoms with van der Waals surface area (Å²) in [5.74, 6) is 0. The highest BCUT2D eigenvalue weighted by atomic mass is 16.5. The third kappa shape index (κ3) is 2.60. The highest BCUT2D eigenvalue weighted by Gasteiger charge is 2.23. The van der Waals surface area contributed by atoms with Crippen LogP contribution >= 0.6 is 0 Å². The summed E-state index contributed by atoms with van der Waals surface area (Å²) in [5.41, 5.74) is 2.31. The van der Waals surface area contributed by atoms with Gasteiger partial charge in [-0.25, -0.2) is 0 Å². The monoisotopic (exact) mass is 220 g/mol. The van der Waals surface area contributed by atoms with Gasteiger partial charge in [0.25, 0.3) is 0 Å². The van der Waals surface area contributed by atoms with Crippen molar-refractivity contribution < 1.29 is 4.74 Å². The average Bonchev–Trinajstić information content (AvgIpc) is 2.29. The molecule has 1 fully saturated rings. The van der Waals surface area contributed by atoms with E-state index in [-0.39, 0.29) is 6.10 Å². The van der Waals surface area contributed by atoms with E-state index in [4.69, 9.17) is 4.74 Å². The first-order valence-electron chi connectivity index (χ1n) is 5.95. The van der Waals surface area contributed by atoms with Gasteiger partial charge >= 0.3 is 0 Å². The lowest BCUT2D eigenvalue weighted by atomic mass is 10.1. The molecule has 0 N–H and O–H groups in total. The van der Waals surface area contributed by atoms with Gasteiger partial charge in [-0.3, -0.25) is 9.88 Å². The van der Waals surface area contributed by atoms with Gasteiger partial charge in [0.2, 0.25) is 0 Å². The lowest BCUT2D eigenvalue weighted by Gasteiger charge is -2.35. The molecule has 0 bridgehead atoms. The lowest BCUT2D eigenvalue weighted by molar-refractivity contribution is -0.0402. The van der Waals surface area contributed by atoms with Gasteiger partial charge in [0.05, 0.1) is 12.7 Å². The second-order valence-corrected chi connectivity index (χ2v) is 4.68. The summed E-state index contributed by atoms with van der Waals surface area (Å²) in [6, 6.07) is 4.77. The van der Waals surface area contributed by atoms with Crippen LogP contribution in [0.3, 0.4) is 0 Å². The summed E-state index contributed by atoms with van der Waals surface area (Å²) >= 11 is 0. The SMILES string of the molecule is Cc1cc([C@H]2CN(C(C)C)CCO2)ccn1. The quantitative estimate of drug-likeness (QED) is 0.764. The van der Waals surface area contributed by atoms with Gasteiger partial charge in [-0.1, -0.05) is 0 Å². The molecule has 1 aromatic rings. The molecule has 0 radical (unpaired) electrons. The van der Waals surface area contributed by atoms with Crippen molar-refractivity contribution in [1.82, 2.24) is 9.88 Å². The molecule has 1 saturated heterocycles. The van der Waals surface area contributed by atoms with Crippen molar-refractivity contribution in [3.8, 4) is 0 Å². The standard InChI is InChI=1S/C13H20N2O/c1-10(2)15-6-7-16-13(9-15)12-4-5-14-11(3)8-12/h4-5,8,10,13H,6-7,9H2,1-3H3/t13-/m1/s1. The molecule has 1 aliphatic heterocycles. The van der Waals surface area contributed by atoms with Gasteiger partial charge in [0.15, 0.2) is 0 Å². The topological polar surface area (TPSA) is 25.4 Å². The largest absolute Gasteiger partial charge is 0.371 e. The van der Waals surface area contributed by atoms with Crippen molar-refractivity contribution in [2.45, 2.75) is 32.9 Å². The fraction of sp³-hybridized carbons (Fsp3) is 0.615. The van der Waals surface area contributed by atoms with Crippen LogP contribution < -0.4 is 0 Å². The van der Waals surface area contributed by atoms with Crippen molar-refractivity contribution in [1.29, 1.82) is 0 Å². The Bertz CT molecular complexity index is 352. The summed E-state index contributed by atoms with van der Waals surface area (Å²) in [4.78, 5) is 6.68. The fourth-order valence-corrected chi connectivity index (χ4v) is 2.11. The Hall–Kier alpha value is -0.930. The van der Waals surface area contributed by atoms with E-state index in [0.717, 1.165) is 25.4 Å². The van der Waals surface area contributed by atoms with E-state index in [9.17, 15) is 0 Å². The fourth-order valence-electron chi connectivity index (χ4n) is 2.11. The Kier molecular flexibility index (Phi) is 3.56. The predicted octanol–water partition coefficient (Wildman–Crippen LogP) is 2.17. The summed E-state index contributed by atoms with van der Waals surface area (Å²) in [6.45, 7) is 9.34. The Morgan fingerprint density at radius 3 is 3.00 bits per heavy atom. The molecule has 3 nitrogen and oxygen atoms in total. The Morgan fingerprint density at radius 1 is 1.50 bits per heavy atom. The zero-order valence-corrected chi connectivity index (χ0v) is 10.3. The molecule has 0 aliphatic carbocycles. The Morgan fingerprint density at radius 2 is 2.31 bits per heavy atom. The first kappa shape index (κ1) is 11.6. The van der Waals surface area contributed by atoms with Gasteiger partial charge in [0, 0.05) is 31.0 Å². The third-order valence-electron chi connectivity index (χ3n) is 3.12. The zero-order chi connectivity index (χ0) is 11.5. The van der Waals surface area contributed by atoms with Crippen LogP contribution in [0.4, 0.5) is 0 Å². The van der Waals surface area contributed by atoms with Gasteiger partial charge in [-0.05, 0) is 38.5 Å². The summed E-state index contributed by atoms with van der Waals surface area (Å²) in [6.07, 6.45) is 2.07. The van der Waals surface area contributed by atoms with Crippen LogP contribution in [0, 0.1) is 6.92 Å². The van der Waals surface area contributed by atoms with E-state index < -0.39 is 0 Å². The molecule has 0 aromatic carbocycles. The van der Waals surface area contributed by atoms with E-state index in [2.05, 4.69) is 35.9 Å². The first-order valence-corrected chi connectivity index (χ1v) is 5.95. The van der Waals surface area contributed by atoms with Crippen LogP contribution in [0.5, 0.6) is 0 Å². The number of rotatable bonds is 2. The molecule has 0 saturated carbocycles. The van der Waals surface area contributed by atoms with Gasteiger partial charge in [-0.15, -0.1) is 0 Å². The number of hydrogen-bond donors (Lipinski definition) is 0. The molecule has 3 heteroatoms. The van der Waals surface area contributed by atoms with Crippen molar-refractivity contribution >= 4 is 0 Å². The van der Waals surface area contributed by atoms with E-state index in [1.165, 1.54) is 5.56 Å². The van der Waals surface area contributed by atoms with Crippen molar-refractivity contribution in [2.24, 2.45) is 0 Å². The Labute approximate surface area is 97.4 Å². The van der Waals surface area contributed by atoms with Crippen molar-refractivity contribution in [3.05, 3.63) is 29.6 Å². The number of hydrogen-bond acceptors (Lipinski definition) is 3. The number of nitrogens with zero attached hydrogens (tertiary/aromatic N) is 2. The molecule has 1 atom stereocenters. The lowest BCUT2D eigenvalue weighted by Crippen LogP contribution is -2.42. The predicted molar refractivity (Wildman–Crippen MR) is 64.4 cm³/mol. The van der Waals surface area contributed by atoms with Crippen LogP contribution in [0.25, 0.3) is 0 Å². The van der Waals surface area contributed by atoms with Crippen LogP contribution in [-0.4, -0.2) is 35.6 Å². The maximum Gasteiger partial charge on any atom is 0.0953 e. The minimum atomic E-state index is 0.206. The molecule has 1 aromatic heterocycles. The van der Waals surface area contributed by atoms with E-state index in [1.54, 1.807) is 0 Å². The highest BCUT2D eigenvalue weighted by Crippen LogP contribution is 2.23. The van der Waals surface area contributed by atoms with Crippen molar-refractivity contribution in [2.75, 3.05) is 19.7 Å². The molecule has 0 amide bonds. The smallest absolute Gasteiger partial charge is 0.0953 e. The molecule has 0 spiro atoms. The zero-order valence-electron chi connectivity index (χ0n) is 10.3. The first-order chi connectivity index (χ1) is 7.66. The number of aryl methyl sites for hydroxylation is 1. The molecule has 16 heavy (non-hydrogen) atoms. The maximum atomic E-state index is 5.83. The van der Waals surface area contributed by atoms with Crippen molar-refractivity contribution in [3.63, 3.8) is 0 Å². The second-order valence-electron chi connectivity index (χ2n) is 4.68. The van der Waals surface area contributed by atoms with E-state index in [0.29, 0.717) is 6.04 Å². The number of ether oxygens (including phenoxy) is 1. The molecule has 1 aliphatic rings.